The third kappa shape index (κ3) is 3.73. The van der Waals surface area contributed by atoms with E-state index in [1.54, 1.807) is 13.8 Å². The summed E-state index contributed by atoms with van der Waals surface area (Å²) in [5.74, 6) is -0.0312. The van der Waals surface area contributed by atoms with E-state index in [1.165, 1.54) is 6.26 Å². The molecular formula is C9H16N2O2. The first-order valence-corrected chi connectivity index (χ1v) is 4.45. The molecule has 4 nitrogen and oxygen atoms in total. The van der Waals surface area contributed by atoms with Crippen LogP contribution in [0.5, 0.6) is 0 Å². The van der Waals surface area contributed by atoms with E-state index in [9.17, 15) is 4.79 Å². The summed E-state index contributed by atoms with van der Waals surface area (Å²) in [6, 6.07) is 0. The fourth-order valence-corrected chi connectivity index (χ4v) is 0.651. The van der Waals surface area contributed by atoms with Gasteiger partial charge in [0.05, 0.1) is 0 Å². The predicted octanol–water partition coefficient (Wildman–Crippen LogP) is 2.36. The molecule has 0 saturated carbocycles. The van der Waals surface area contributed by atoms with Gasteiger partial charge in [0, 0.05) is 6.42 Å². The molecule has 4 heteroatoms. The summed E-state index contributed by atoms with van der Waals surface area (Å²) in [4.78, 5) is 10.9. The highest BCUT2D eigenvalue weighted by Crippen LogP contribution is 2.11. The van der Waals surface area contributed by atoms with Gasteiger partial charge in [-0.05, 0) is 6.92 Å². The summed E-state index contributed by atoms with van der Waals surface area (Å²) in [5, 5.41) is 6.26. The number of carbonyl (C=O) groups is 1. The molecule has 0 radical (unpaired) electrons. The molecule has 1 rings (SSSR count). The quantitative estimate of drug-likeness (QED) is 0.767. The van der Waals surface area contributed by atoms with E-state index in [1.807, 2.05) is 13.8 Å². The lowest BCUT2D eigenvalue weighted by Gasteiger charge is -1.97. The fourth-order valence-electron chi connectivity index (χ4n) is 0.651. The van der Waals surface area contributed by atoms with Crippen molar-refractivity contribution in [1.29, 1.82) is 0 Å². The number of carbonyl (C=O) groups excluding carboxylic acids is 1. The molecule has 74 valence electrons. The normalized spacial score (nSPS) is 8.62. The van der Waals surface area contributed by atoms with Gasteiger partial charge in [-0.1, -0.05) is 25.9 Å². The van der Waals surface area contributed by atoms with Crippen LogP contribution in [-0.2, 0) is 4.79 Å². The number of aryl methyl sites for hydroxylation is 1. The third-order valence-corrected chi connectivity index (χ3v) is 1.35. The molecule has 1 aromatic rings. The first-order chi connectivity index (χ1) is 6.24. The van der Waals surface area contributed by atoms with Crippen molar-refractivity contribution < 1.29 is 9.32 Å². The van der Waals surface area contributed by atoms with Crippen LogP contribution in [0.15, 0.2) is 10.8 Å². The Balaban J connectivity index is 0.000000671. The van der Waals surface area contributed by atoms with E-state index >= 15 is 0 Å². The highest BCUT2D eigenvalue weighted by molar-refractivity contribution is 5.90. The van der Waals surface area contributed by atoms with Gasteiger partial charge in [-0.15, -0.1) is 0 Å². The molecule has 1 heterocycles. The smallest absolute Gasteiger partial charge is 0.224 e. The molecule has 0 saturated heterocycles. The molecule has 0 fully saturated rings. The summed E-state index contributed by atoms with van der Waals surface area (Å²) >= 11 is 0. The highest BCUT2D eigenvalue weighted by atomic mass is 16.5. The maximum absolute atomic E-state index is 10.9. The van der Waals surface area contributed by atoms with Crippen molar-refractivity contribution in [3.8, 4) is 0 Å². The Morgan fingerprint density at radius 2 is 2.23 bits per heavy atom. The monoisotopic (exact) mass is 184 g/mol. The topological polar surface area (TPSA) is 55.1 Å². The zero-order valence-electron chi connectivity index (χ0n) is 8.55. The Morgan fingerprint density at radius 3 is 2.62 bits per heavy atom. The minimum Gasteiger partial charge on any atom is -0.362 e. The van der Waals surface area contributed by atoms with E-state index in [0.717, 1.165) is 0 Å². The Hall–Kier alpha value is -1.32. The first kappa shape index (κ1) is 11.7. The molecule has 0 bridgehead atoms. The molecule has 0 aliphatic rings. The van der Waals surface area contributed by atoms with E-state index in [-0.39, 0.29) is 5.91 Å². The summed E-state index contributed by atoms with van der Waals surface area (Å²) < 4.78 is 4.63. The van der Waals surface area contributed by atoms with Gasteiger partial charge in [0.2, 0.25) is 5.91 Å². The molecule has 0 aromatic carbocycles. The number of rotatable bonds is 2. The van der Waals surface area contributed by atoms with E-state index < -0.39 is 0 Å². The van der Waals surface area contributed by atoms with Gasteiger partial charge in [-0.3, -0.25) is 4.79 Å². The summed E-state index contributed by atoms with van der Waals surface area (Å²) in [5.41, 5.74) is 1.35. The van der Waals surface area contributed by atoms with Crippen LogP contribution in [0.1, 0.15) is 32.9 Å². The average Bonchev–Trinajstić information content (AvgIpc) is 2.55. The van der Waals surface area contributed by atoms with Crippen LogP contribution in [0.3, 0.4) is 0 Å². The molecule has 0 atom stereocenters. The minimum absolute atomic E-state index is 0.0312. The van der Waals surface area contributed by atoms with Gasteiger partial charge in [0.25, 0.3) is 0 Å². The van der Waals surface area contributed by atoms with Gasteiger partial charge >= 0.3 is 0 Å². The van der Waals surface area contributed by atoms with Crippen LogP contribution in [-0.4, -0.2) is 11.1 Å². The number of amides is 1. The van der Waals surface area contributed by atoms with Gasteiger partial charge in [0.15, 0.2) is 0 Å². The molecule has 1 aromatic heterocycles. The number of nitrogens with one attached hydrogen (secondary N) is 1. The maximum atomic E-state index is 10.9. The van der Waals surface area contributed by atoms with Crippen LogP contribution in [0.4, 0.5) is 5.69 Å². The zero-order valence-corrected chi connectivity index (χ0v) is 8.55. The molecular weight excluding hydrogens is 168 g/mol. The van der Waals surface area contributed by atoms with Gasteiger partial charge in [-0.25, -0.2) is 0 Å². The molecule has 0 unspecified atom stereocenters. The second-order valence-electron chi connectivity index (χ2n) is 2.22. The van der Waals surface area contributed by atoms with Gasteiger partial charge < -0.3 is 9.84 Å². The molecule has 0 aliphatic heterocycles. The Kier molecular flexibility index (Phi) is 5.59. The molecule has 0 spiro atoms. The van der Waals surface area contributed by atoms with Crippen molar-refractivity contribution in [3.63, 3.8) is 0 Å². The number of hydrogen-bond acceptors (Lipinski definition) is 3. The molecule has 13 heavy (non-hydrogen) atoms. The Bertz CT molecular complexity index is 256. The lowest BCUT2D eigenvalue weighted by Crippen LogP contribution is -2.09. The van der Waals surface area contributed by atoms with Crippen LogP contribution in [0.25, 0.3) is 0 Å². The van der Waals surface area contributed by atoms with Crippen LogP contribution in [0.2, 0.25) is 0 Å². The first-order valence-electron chi connectivity index (χ1n) is 4.45. The summed E-state index contributed by atoms with van der Waals surface area (Å²) in [6.45, 7) is 7.56. The second-order valence-corrected chi connectivity index (χ2v) is 2.22. The van der Waals surface area contributed by atoms with Crippen LogP contribution in [0, 0.1) is 6.92 Å². The number of nitrogens with zero attached hydrogens (tertiary/aromatic N) is 1. The lowest BCUT2D eigenvalue weighted by atomic mass is 10.4. The number of hydrogen-bond donors (Lipinski definition) is 1. The minimum atomic E-state index is -0.0312. The van der Waals surface area contributed by atoms with E-state index in [0.29, 0.717) is 17.8 Å². The largest absolute Gasteiger partial charge is 0.362 e. The SMILES string of the molecule is CC.CCC(=O)Nc1conc1C. The van der Waals surface area contributed by atoms with Crippen molar-refractivity contribution in [3.05, 3.63) is 12.0 Å². The number of aromatic nitrogens is 1. The van der Waals surface area contributed by atoms with Gasteiger partial charge in [0.1, 0.15) is 17.6 Å². The predicted molar refractivity (Wildman–Crippen MR) is 51.5 cm³/mol. The summed E-state index contributed by atoms with van der Waals surface area (Å²) in [6.07, 6.45) is 1.88. The third-order valence-electron chi connectivity index (χ3n) is 1.35. The lowest BCUT2D eigenvalue weighted by molar-refractivity contribution is -0.115. The molecule has 0 aliphatic carbocycles. The van der Waals surface area contributed by atoms with Crippen molar-refractivity contribution in [2.45, 2.75) is 34.1 Å². The van der Waals surface area contributed by atoms with E-state index in [4.69, 9.17) is 0 Å². The maximum Gasteiger partial charge on any atom is 0.224 e. The fraction of sp³-hybridized carbons (Fsp3) is 0.556. The Morgan fingerprint density at radius 1 is 1.62 bits per heavy atom. The van der Waals surface area contributed by atoms with Gasteiger partial charge in [-0.2, -0.15) is 0 Å². The highest BCUT2D eigenvalue weighted by Gasteiger charge is 2.04. The van der Waals surface area contributed by atoms with Crippen molar-refractivity contribution >= 4 is 11.6 Å². The number of anilines is 1. The van der Waals surface area contributed by atoms with Crippen molar-refractivity contribution in [2.24, 2.45) is 0 Å². The second kappa shape index (κ2) is 6.22. The molecule has 1 N–H and O–H groups in total. The summed E-state index contributed by atoms with van der Waals surface area (Å²) in [7, 11) is 0. The standard InChI is InChI=1S/C7H10N2O2.C2H6/c1-3-7(10)8-6-4-11-9-5(6)2;1-2/h4H,3H2,1-2H3,(H,8,10);1-2H3. The van der Waals surface area contributed by atoms with Crippen molar-refractivity contribution in [2.75, 3.05) is 5.32 Å². The molecule has 1 amide bonds. The van der Waals surface area contributed by atoms with Crippen LogP contribution >= 0.6 is 0 Å². The Labute approximate surface area is 78.3 Å². The zero-order chi connectivity index (χ0) is 10.3. The average molecular weight is 184 g/mol. The van der Waals surface area contributed by atoms with E-state index in [2.05, 4.69) is 15.0 Å². The van der Waals surface area contributed by atoms with Crippen LogP contribution < -0.4 is 5.32 Å². The van der Waals surface area contributed by atoms with Crippen molar-refractivity contribution in [1.82, 2.24) is 5.16 Å².